The summed E-state index contributed by atoms with van der Waals surface area (Å²) in [6.07, 6.45) is 1.86. The second kappa shape index (κ2) is 8.19. The SMILES string of the molecule is COc1ccc(-c2cn(Cc3cc(C)nc(-c4ccc(Cl)cc4)n3)nn2)cc1Cl. The minimum Gasteiger partial charge on any atom is -0.495 e. The molecule has 0 spiro atoms. The van der Waals surface area contributed by atoms with E-state index in [0.29, 0.717) is 28.2 Å². The summed E-state index contributed by atoms with van der Waals surface area (Å²) in [5, 5.41) is 9.67. The van der Waals surface area contributed by atoms with Crippen LogP contribution in [0.2, 0.25) is 10.0 Å². The lowest BCUT2D eigenvalue weighted by molar-refractivity contribution is 0.415. The van der Waals surface area contributed by atoms with E-state index in [0.717, 1.165) is 28.2 Å². The molecule has 0 radical (unpaired) electrons. The first-order valence-electron chi connectivity index (χ1n) is 8.86. The quantitative estimate of drug-likeness (QED) is 0.446. The van der Waals surface area contributed by atoms with E-state index in [1.165, 1.54) is 0 Å². The van der Waals surface area contributed by atoms with Crippen LogP contribution in [0, 0.1) is 6.92 Å². The first kappa shape index (κ1) is 19.4. The molecule has 0 unspecified atom stereocenters. The highest BCUT2D eigenvalue weighted by atomic mass is 35.5. The number of halogens is 2. The van der Waals surface area contributed by atoms with Crippen LogP contribution in [0.15, 0.2) is 54.7 Å². The Balaban J connectivity index is 1.59. The van der Waals surface area contributed by atoms with Gasteiger partial charge in [0.25, 0.3) is 0 Å². The average Bonchev–Trinajstić information content (AvgIpc) is 3.16. The van der Waals surface area contributed by atoms with E-state index in [1.54, 1.807) is 11.8 Å². The summed E-state index contributed by atoms with van der Waals surface area (Å²) in [6, 6.07) is 14.9. The van der Waals surface area contributed by atoms with Crippen LogP contribution >= 0.6 is 23.2 Å². The molecule has 0 N–H and O–H groups in total. The van der Waals surface area contributed by atoms with Gasteiger partial charge in [0, 0.05) is 21.8 Å². The summed E-state index contributed by atoms with van der Waals surface area (Å²) in [4.78, 5) is 9.20. The van der Waals surface area contributed by atoms with Gasteiger partial charge in [0.1, 0.15) is 11.4 Å². The Hall–Kier alpha value is -2.96. The van der Waals surface area contributed by atoms with E-state index in [1.807, 2.05) is 61.7 Å². The molecule has 0 amide bonds. The Morgan fingerprint density at radius 3 is 2.45 bits per heavy atom. The van der Waals surface area contributed by atoms with Crippen molar-refractivity contribution in [3.05, 3.63) is 76.2 Å². The maximum absolute atomic E-state index is 6.21. The van der Waals surface area contributed by atoms with Crippen molar-refractivity contribution in [3.8, 4) is 28.4 Å². The lowest BCUT2D eigenvalue weighted by Crippen LogP contribution is -2.05. The minimum absolute atomic E-state index is 0.473. The Kier molecular flexibility index (Phi) is 5.47. The number of methoxy groups -OCH3 is 1. The van der Waals surface area contributed by atoms with Crippen LogP contribution in [0.3, 0.4) is 0 Å². The lowest BCUT2D eigenvalue weighted by atomic mass is 10.1. The average molecular weight is 426 g/mol. The molecule has 8 heteroatoms. The van der Waals surface area contributed by atoms with Gasteiger partial charge in [-0.2, -0.15) is 0 Å². The number of benzene rings is 2. The molecule has 0 fully saturated rings. The van der Waals surface area contributed by atoms with Gasteiger partial charge < -0.3 is 4.74 Å². The molecule has 2 aromatic heterocycles. The summed E-state index contributed by atoms with van der Waals surface area (Å²) in [5.74, 6) is 1.27. The number of rotatable bonds is 5. The molecule has 0 saturated carbocycles. The highest BCUT2D eigenvalue weighted by Crippen LogP contribution is 2.29. The van der Waals surface area contributed by atoms with Crippen LogP contribution in [0.1, 0.15) is 11.4 Å². The smallest absolute Gasteiger partial charge is 0.159 e. The van der Waals surface area contributed by atoms with Crippen molar-refractivity contribution in [1.29, 1.82) is 0 Å². The molecule has 146 valence electrons. The molecule has 4 aromatic rings. The van der Waals surface area contributed by atoms with Crippen LogP contribution in [-0.4, -0.2) is 32.1 Å². The van der Waals surface area contributed by atoms with Crippen LogP contribution in [0.5, 0.6) is 5.75 Å². The maximum atomic E-state index is 6.21. The number of aromatic nitrogens is 5. The molecule has 4 rings (SSSR count). The van der Waals surface area contributed by atoms with Gasteiger partial charge in [-0.05, 0) is 55.5 Å². The van der Waals surface area contributed by atoms with E-state index in [-0.39, 0.29) is 0 Å². The Morgan fingerprint density at radius 2 is 1.72 bits per heavy atom. The van der Waals surface area contributed by atoms with E-state index >= 15 is 0 Å². The van der Waals surface area contributed by atoms with Gasteiger partial charge >= 0.3 is 0 Å². The van der Waals surface area contributed by atoms with Gasteiger partial charge in [0.15, 0.2) is 5.82 Å². The maximum Gasteiger partial charge on any atom is 0.159 e. The first-order chi connectivity index (χ1) is 14.0. The Labute approximate surface area is 178 Å². The molecule has 0 aliphatic rings. The normalized spacial score (nSPS) is 10.9. The second-order valence-electron chi connectivity index (χ2n) is 6.48. The van der Waals surface area contributed by atoms with Gasteiger partial charge in [-0.3, -0.25) is 0 Å². The molecule has 0 bridgehead atoms. The Bertz CT molecular complexity index is 1160. The summed E-state index contributed by atoms with van der Waals surface area (Å²) < 4.78 is 6.93. The molecule has 2 aromatic carbocycles. The topological polar surface area (TPSA) is 65.7 Å². The number of hydrogen-bond donors (Lipinski definition) is 0. The van der Waals surface area contributed by atoms with E-state index in [2.05, 4.69) is 20.3 Å². The zero-order chi connectivity index (χ0) is 20.4. The van der Waals surface area contributed by atoms with E-state index in [9.17, 15) is 0 Å². The molecule has 0 aliphatic carbocycles. The highest BCUT2D eigenvalue weighted by Gasteiger charge is 2.10. The predicted molar refractivity (Wildman–Crippen MR) is 113 cm³/mol. The number of ether oxygens (including phenoxy) is 1. The summed E-state index contributed by atoms with van der Waals surface area (Å²) in [5.41, 5.74) is 4.21. The molecular weight excluding hydrogens is 409 g/mol. The summed E-state index contributed by atoms with van der Waals surface area (Å²) in [7, 11) is 1.58. The molecule has 29 heavy (non-hydrogen) atoms. The third kappa shape index (κ3) is 4.39. The summed E-state index contributed by atoms with van der Waals surface area (Å²) in [6.45, 7) is 2.41. The van der Waals surface area contributed by atoms with Gasteiger partial charge in [-0.25, -0.2) is 14.6 Å². The van der Waals surface area contributed by atoms with E-state index in [4.69, 9.17) is 27.9 Å². The molecule has 0 aliphatic heterocycles. The zero-order valence-corrected chi connectivity index (χ0v) is 17.3. The third-order valence-electron chi connectivity index (χ3n) is 4.32. The number of nitrogens with zero attached hydrogens (tertiary/aromatic N) is 5. The number of hydrogen-bond acceptors (Lipinski definition) is 5. The van der Waals surface area contributed by atoms with Crippen molar-refractivity contribution in [2.45, 2.75) is 13.5 Å². The highest BCUT2D eigenvalue weighted by molar-refractivity contribution is 6.32. The molecule has 6 nitrogen and oxygen atoms in total. The van der Waals surface area contributed by atoms with Crippen molar-refractivity contribution < 1.29 is 4.74 Å². The fourth-order valence-electron chi connectivity index (χ4n) is 2.94. The molecular formula is C21H17Cl2N5O. The van der Waals surface area contributed by atoms with Crippen LogP contribution in [0.25, 0.3) is 22.6 Å². The fraction of sp³-hybridized carbons (Fsp3) is 0.143. The van der Waals surface area contributed by atoms with Crippen molar-refractivity contribution in [1.82, 2.24) is 25.0 Å². The third-order valence-corrected chi connectivity index (χ3v) is 4.87. The Morgan fingerprint density at radius 1 is 0.966 bits per heavy atom. The van der Waals surface area contributed by atoms with Crippen LogP contribution in [-0.2, 0) is 6.54 Å². The van der Waals surface area contributed by atoms with Crippen molar-refractivity contribution >= 4 is 23.2 Å². The van der Waals surface area contributed by atoms with Crippen molar-refractivity contribution in [2.24, 2.45) is 0 Å². The van der Waals surface area contributed by atoms with Gasteiger partial charge in [-0.1, -0.05) is 28.4 Å². The zero-order valence-electron chi connectivity index (χ0n) is 15.8. The van der Waals surface area contributed by atoms with Crippen molar-refractivity contribution in [3.63, 3.8) is 0 Å². The largest absolute Gasteiger partial charge is 0.495 e. The lowest BCUT2D eigenvalue weighted by Gasteiger charge is -2.06. The fourth-order valence-corrected chi connectivity index (χ4v) is 3.33. The van der Waals surface area contributed by atoms with Gasteiger partial charge in [0.05, 0.1) is 30.6 Å². The van der Waals surface area contributed by atoms with Gasteiger partial charge in [0.2, 0.25) is 0 Å². The van der Waals surface area contributed by atoms with Crippen molar-refractivity contribution in [2.75, 3.05) is 7.11 Å². The molecule has 0 saturated heterocycles. The van der Waals surface area contributed by atoms with E-state index < -0.39 is 0 Å². The monoisotopic (exact) mass is 425 g/mol. The first-order valence-corrected chi connectivity index (χ1v) is 9.62. The summed E-state index contributed by atoms with van der Waals surface area (Å²) >= 11 is 12.2. The van der Waals surface area contributed by atoms with Crippen LogP contribution < -0.4 is 4.74 Å². The standard InChI is InChI=1S/C21H17Cl2N5O/c1-13-9-17(25-21(24-13)14-3-6-16(22)7-4-14)11-28-12-19(26-27-28)15-5-8-20(29-2)18(23)10-15/h3-10,12H,11H2,1-2H3. The second-order valence-corrected chi connectivity index (χ2v) is 7.33. The molecule has 0 atom stereocenters. The molecule has 2 heterocycles. The predicted octanol–water partition coefficient (Wildman–Crippen LogP) is 5.07. The minimum atomic E-state index is 0.473. The van der Waals surface area contributed by atoms with Crippen LogP contribution in [0.4, 0.5) is 0 Å². The van der Waals surface area contributed by atoms with Gasteiger partial charge in [-0.15, -0.1) is 5.10 Å². The number of aryl methyl sites for hydroxylation is 1.